The maximum absolute atomic E-state index is 13.2. The van der Waals surface area contributed by atoms with Crippen molar-refractivity contribution in [2.75, 3.05) is 5.32 Å². The van der Waals surface area contributed by atoms with Crippen molar-refractivity contribution in [3.63, 3.8) is 0 Å². The van der Waals surface area contributed by atoms with Gasteiger partial charge in [0.25, 0.3) is 5.91 Å². The standard InChI is InChI=1S/C26H34N4O3/c27-17-9-15(10-17)11-21(16-12-26(13-16)7-2-8-26)28-20-4-1-3-18-19(20)14-30(25(18)33)22-5-6-23(31)29-24(22)32/h1,3-4,15-17,21-22,28H,2,5-14,27H2,(H,29,31,32)/t15?,17?,21-,22-/m1/s1. The number of imide groups is 1. The van der Waals surface area contributed by atoms with Crippen molar-refractivity contribution in [3.05, 3.63) is 29.3 Å². The molecule has 2 atom stereocenters. The highest BCUT2D eigenvalue weighted by Crippen LogP contribution is 2.60. The first-order chi connectivity index (χ1) is 15.9. The maximum atomic E-state index is 13.2. The van der Waals surface area contributed by atoms with E-state index in [-0.39, 0.29) is 24.1 Å². The second-order valence-electron chi connectivity index (χ2n) is 11.3. The second kappa shape index (κ2) is 7.83. The van der Waals surface area contributed by atoms with Crippen LogP contribution in [0.3, 0.4) is 0 Å². The molecular weight excluding hydrogens is 416 g/mol. The molecule has 0 radical (unpaired) electrons. The highest BCUT2D eigenvalue weighted by molar-refractivity contribution is 6.06. The number of piperidine rings is 1. The molecule has 1 saturated heterocycles. The Morgan fingerprint density at radius 3 is 2.64 bits per heavy atom. The molecule has 7 heteroatoms. The second-order valence-corrected chi connectivity index (χ2v) is 11.3. The molecule has 3 saturated carbocycles. The topological polar surface area (TPSA) is 105 Å². The summed E-state index contributed by atoms with van der Waals surface area (Å²) in [4.78, 5) is 38.8. The van der Waals surface area contributed by atoms with Crippen LogP contribution in [0.2, 0.25) is 0 Å². The molecule has 1 spiro atoms. The summed E-state index contributed by atoms with van der Waals surface area (Å²) >= 11 is 0. The first kappa shape index (κ1) is 21.1. The van der Waals surface area contributed by atoms with E-state index < -0.39 is 6.04 Å². The third-order valence-electron chi connectivity index (χ3n) is 9.16. The van der Waals surface area contributed by atoms with Crippen molar-refractivity contribution in [3.8, 4) is 0 Å². The number of benzene rings is 1. The average Bonchev–Trinajstić information content (AvgIpc) is 3.02. The van der Waals surface area contributed by atoms with Gasteiger partial charge in [-0.25, -0.2) is 0 Å². The lowest BCUT2D eigenvalue weighted by molar-refractivity contribution is -0.136. The van der Waals surface area contributed by atoms with Gasteiger partial charge in [0.15, 0.2) is 0 Å². The molecule has 2 heterocycles. The number of hydrogen-bond donors (Lipinski definition) is 3. The first-order valence-electron chi connectivity index (χ1n) is 12.7. The van der Waals surface area contributed by atoms with Crippen LogP contribution in [0.5, 0.6) is 0 Å². The summed E-state index contributed by atoms with van der Waals surface area (Å²) in [6, 6.07) is 6.07. The lowest BCUT2D eigenvalue weighted by atomic mass is 9.50. The molecule has 176 valence electrons. The predicted molar refractivity (Wildman–Crippen MR) is 124 cm³/mol. The van der Waals surface area contributed by atoms with Crippen LogP contribution in [-0.4, -0.2) is 40.7 Å². The van der Waals surface area contributed by atoms with Gasteiger partial charge in [0.05, 0.1) is 0 Å². The van der Waals surface area contributed by atoms with Gasteiger partial charge < -0.3 is 16.0 Å². The summed E-state index contributed by atoms with van der Waals surface area (Å²) in [6.07, 6.45) is 10.8. The molecule has 3 aliphatic carbocycles. The smallest absolute Gasteiger partial charge is 0.255 e. The number of hydrogen-bond acceptors (Lipinski definition) is 5. The van der Waals surface area contributed by atoms with Crippen LogP contribution in [0.4, 0.5) is 5.69 Å². The fourth-order valence-corrected chi connectivity index (χ4v) is 7.05. The van der Waals surface area contributed by atoms with E-state index in [1.807, 2.05) is 12.1 Å². The van der Waals surface area contributed by atoms with E-state index in [0.29, 0.717) is 47.9 Å². The summed E-state index contributed by atoms with van der Waals surface area (Å²) in [5.41, 5.74) is 9.39. The average molecular weight is 451 g/mol. The van der Waals surface area contributed by atoms with Gasteiger partial charge >= 0.3 is 0 Å². The zero-order chi connectivity index (χ0) is 22.7. The van der Waals surface area contributed by atoms with E-state index in [9.17, 15) is 14.4 Å². The van der Waals surface area contributed by atoms with Gasteiger partial charge in [0.1, 0.15) is 6.04 Å². The first-order valence-corrected chi connectivity index (χ1v) is 12.7. The van der Waals surface area contributed by atoms with Gasteiger partial charge in [-0.05, 0) is 80.8 Å². The summed E-state index contributed by atoms with van der Waals surface area (Å²) in [5.74, 6) is 0.643. The minimum Gasteiger partial charge on any atom is -0.382 e. The van der Waals surface area contributed by atoms with Gasteiger partial charge in [-0.3, -0.25) is 19.7 Å². The highest BCUT2D eigenvalue weighted by Gasteiger charge is 2.51. The van der Waals surface area contributed by atoms with Crippen LogP contribution in [0, 0.1) is 17.3 Å². The number of rotatable bonds is 6. The summed E-state index contributed by atoms with van der Waals surface area (Å²) in [6.45, 7) is 0.416. The maximum Gasteiger partial charge on any atom is 0.255 e. The molecule has 4 fully saturated rings. The predicted octanol–water partition coefficient (Wildman–Crippen LogP) is 2.94. The molecular formula is C26H34N4O3. The third kappa shape index (κ3) is 3.65. The van der Waals surface area contributed by atoms with Gasteiger partial charge in [-0.15, -0.1) is 0 Å². The number of fused-ring (bicyclic) bond motifs is 1. The van der Waals surface area contributed by atoms with Crippen molar-refractivity contribution in [2.45, 2.75) is 88.9 Å². The Balaban J connectivity index is 1.20. The zero-order valence-electron chi connectivity index (χ0n) is 19.1. The molecule has 1 aromatic carbocycles. The van der Waals surface area contributed by atoms with Crippen molar-refractivity contribution < 1.29 is 14.4 Å². The summed E-state index contributed by atoms with van der Waals surface area (Å²) in [5, 5.41) is 6.26. The van der Waals surface area contributed by atoms with E-state index in [1.165, 1.54) is 32.1 Å². The number of nitrogens with one attached hydrogen (secondary N) is 2. The lowest BCUT2D eigenvalue weighted by Gasteiger charge is -2.57. The molecule has 33 heavy (non-hydrogen) atoms. The van der Waals surface area contributed by atoms with E-state index in [0.717, 1.165) is 30.5 Å². The fraction of sp³-hybridized carbons (Fsp3) is 0.654. The quantitative estimate of drug-likeness (QED) is 0.578. The molecule has 1 aromatic rings. The molecule has 4 N–H and O–H groups in total. The molecule has 0 unspecified atom stereocenters. The number of amides is 3. The van der Waals surface area contributed by atoms with Crippen molar-refractivity contribution in [1.29, 1.82) is 0 Å². The number of anilines is 1. The highest BCUT2D eigenvalue weighted by atomic mass is 16.2. The molecule has 5 aliphatic rings. The molecule has 0 aromatic heterocycles. The van der Waals surface area contributed by atoms with Crippen molar-refractivity contribution in [2.24, 2.45) is 23.0 Å². The largest absolute Gasteiger partial charge is 0.382 e. The lowest BCUT2D eigenvalue weighted by Crippen LogP contribution is -2.52. The molecule has 7 nitrogen and oxygen atoms in total. The Labute approximate surface area is 194 Å². The normalized spacial score (nSPS) is 31.4. The summed E-state index contributed by atoms with van der Waals surface area (Å²) < 4.78 is 0. The van der Waals surface area contributed by atoms with E-state index in [1.54, 1.807) is 4.90 Å². The Bertz CT molecular complexity index is 989. The van der Waals surface area contributed by atoms with Crippen LogP contribution in [0.1, 0.15) is 80.1 Å². The minimum absolute atomic E-state index is 0.110. The Kier molecular flexibility index (Phi) is 5.02. The van der Waals surface area contributed by atoms with Crippen LogP contribution in [0.15, 0.2) is 18.2 Å². The Morgan fingerprint density at radius 1 is 1.18 bits per heavy atom. The van der Waals surface area contributed by atoms with Gasteiger partial charge in [-0.2, -0.15) is 0 Å². The van der Waals surface area contributed by atoms with E-state index in [2.05, 4.69) is 16.7 Å². The number of nitrogens with zero attached hydrogens (tertiary/aromatic N) is 1. The Hall–Kier alpha value is -2.41. The van der Waals surface area contributed by atoms with Crippen LogP contribution in [-0.2, 0) is 16.1 Å². The number of carbonyl (C=O) groups excluding carboxylic acids is 3. The minimum atomic E-state index is -0.576. The number of carbonyl (C=O) groups is 3. The molecule has 0 bridgehead atoms. The monoisotopic (exact) mass is 450 g/mol. The number of nitrogens with two attached hydrogens (primary N) is 1. The van der Waals surface area contributed by atoms with Gasteiger partial charge in [0, 0.05) is 41.9 Å². The third-order valence-corrected chi connectivity index (χ3v) is 9.16. The van der Waals surface area contributed by atoms with Crippen molar-refractivity contribution in [1.82, 2.24) is 10.2 Å². The van der Waals surface area contributed by atoms with E-state index in [4.69, 9.17) is 5.73 Å². The molecule has 3 amide bonds. The van der Waals surface area contributed by atoms with Crippen molar-refractivity contribution >= 4 is 23.4 Å². The zero-order valence-corrected chi connectivity index (χ0v) is 19.1. The fourth-order valence-electron chi connectivity index (χ4n) is 7.05. The SMILES string of the molecule is NC1CC(C[C@@H](Nc2cccc3c2CN([C@@H]2CCC(=O)NC2=O)C3=O)C2CC3(CCC3)C2)C1. The van der Waals surface area contributed by atoms with Gasteiger partial charge in [-0.1, -0.05) is 12.5 Å². The summed E-state index contributed by atoms with van der Waals surface area (Å²) in [7, 11) is 0. The van der Waals surface area contributed by atoms with E-state index >= 15 is 0 Å². The Morgan fingerprint density at radius 2 is 1.97 bits per heavy atom. The van der Waals surface area contributed by atoms with Crippen LogP contribution in [0.25, 0.3) is 0 Å². The van der Waals surface area contributed by atoms with Gasteiger partial charge in [0.2, 0.25) is 11.8 Å². The molecule has 2 aliphatic heterocycles. The van der Waals surface area contributed by atoms with Crippen LogP contribution >= 0.6 is 0 Å². The molecule has 6 rings (SSSR count). The van der Waals surface area contributed by atoms with Crippen LogP contribution < -0.4 is 16.4 Å².